The van der Waals surface area contributed by atoms with E-state index < -0.39 is 57.6 Å². The maximum Gasteiger partial charge on any atom is 0.229 e. The Labute approximate surface area is 907 Å². The van der Waals surface area contributed by atoms with Crippen LogP contribution in [0.3, 0.4) is 0 Å². The van der Waals surface area contributed by atoms with Crippen LogP contribution in [0.5, 0.6) is 0 Å². The van der Waals surface area contributed by atoms with Crippen molar-refractivity contribution in [3.63, 3.8) is 0 Å². The van der Waals surface area contributed by atoms with Gasteiger partial charge in [0.1, 0.15) is 5.82 Å². The van der Waals surface area contributed by atoms with Crippen LogP contribution in [0.25, 0.3) is 0 Å². The van der Waals surface area contributed by atoms with E-state index in [2.05, 4.69) is 67.1 Å². The Kier molecular flexibility index (Phi) is 42.4. The Balaban J connectivity index is 0.000000223. The first kappa shape index (κ1) is 97.2. The third-order valence-electron chi connectivity index (χ3n) is 20.3. The Bertz CT molecular complexity index is 6200. The summed E-state index contributed by atoms with van der Waals surface area (Å²) in [6.07, 6.45) is 3.64. The van der Waals surface area contributed by atoms with Crippen molar-refractivity contribution in [2.45, 2.75) is 214 Å². The average molecular weight is 2100 g/mol. The molecule has 0 radical (unpaired) electrons. The van der Waals surface area contributed by atoms with Crippen molar-refractivity contribution in [2.24, 2.45) is 41.4 Å². The van der Waals surface area contributed by atoms with Crippen LogP contribution in [-0.4, -0.2) is 48.3 Å². The standard InChI is InChI=1S/C20H27ClNO2P.C20H26ClNO.4C16H19ClN2.C15H18ClN3/c1-5-24-25(4,23)19-9-6-16(7-10-19)14-22-20-11-8-18(21)13-17(20)12-15(2)3;1-14(2)11-16-12-18(21)9-10-19(16)22-13-15-5-7-17(8-6-15)20(3,4)23;1-12(2)9-14-10-15(17)3-4-16(14)19-11-13-5-7-18-8-6-13;1-12(2)8-14-9-15(17)5-6-16(14)19-11-13-4-3-7-18-10-13;2*1-12(2)9-13-10-14(17)6-7-16(13)19-11-15-5-3-4-8-18-15;1-11(2)8-12-9-13(16)4-5-14(12)19-10-15-17-6-3-7-18-15/h6-11,13,15,22H,5,12,14H2,1-4H3;5-10,12,14,22-23H,11,13H2,1-4H3;3-8,10,12,19H,9,11H2,1-2H3;3-7,9-10,12,19H,8,11H2,1-2H3;2*3-8,10,12,19H,9,11H2,1-2H3;3-7,9,11,19H,8,10H2,1-2H3/i12D2;11D2;9D2;8D2;2*9D2;8D2. The molecule has 0 amide bonds. The molecule has 1 unspecified atom stereocenters. The zero-order chi connectivity index (χ0) is 116. The molecule has 0 spiro atoms. The number of aromatic nitrogens is 6. The van der Waals surface area contributed by atoms with E-state index in [0.29, 0.717) is 143 Å². The lowest BCUT2D eigenvalue weighted by molar-refractivity contribution is 0.0786. The number of hydrogen-bond donors (Lipinski definition) is 8. The van der Waals surface area contributed by atoms with E-state index in [1.54, 1.807) is 167 Å². The minimum atomic E-state index is -2.77. The summed E-state index contributed by atoms with van der Waals surface area (Å²) in [6, 6.07) is 73.1. The molecular formula is C119H147Cl7N13O3P. The molecule has 143 heavy (non-hydrogen) atoms. The van der Waals surface area contributed by atoms with Crippen molar-refractivity contribution in [1.29, 1.82) is 0 Å². The number of pyridine rings is 4. The molecule has 8 N–H and O–H groups in total. The molecule has 14 aromatic rings. The number of nitrogens with zero attached hydrogens (tertiary/aromatic N) is 6. The van der Waals surface area contributed by atoms with Crippen molar-refractivity contribution in [3.05, 3.63) is 411 Å². The number of halogens is 7. The predicted octanol–water partition coefficient (Wildman–Crippen LogP) is 33.2. The van der Waals surface area contributed by atoms with Crippen LogP contribution in [-0.2, 0) is 105 Å². The highest BCUT2D eigenvalue weighted by molar-refractivity contribution is 7.66. The molecule has 0 fully saturated rings. The monoisotopic (exact) mass is 2100 g/mol. The molecule has 0 bridgehead atoms. The Morgan fingerprint density at radius 2 is 0.594 bits per heavy atom. The second kappa shape index (κ2) is 62.3. The molecule has 760 valence electrons. The summed E-state index contributed by atoms with van der Waals surface area (Å²) in [7, 11) is -2.77. The van der Waals surface area contributed by atoms with Crippen LogP contribution in [0, 0.1) is 41.4 Å². The van der Waals surface area contributed by atoms with Crippen molar-refractivity contribution in [3.8, 4) is 0 Å². The van der Waals surface area contributed by atoms with E-state index in [4.69, 9.17) is 105 Å². The van der Waals surface area contributed by atoms with Gasteiger partial charge in [0.05, 0.1) is 43.2 Å². The van der Waals surface area contributed by atoms with Crippen molar-refractivity contribution < 1.29 is 33.4 Å². The van der Waals surface area contributed by atoms with Crippen LogP contribution < -0.4 is 42.5 Å². The SMILES string of the molecule is [2H]C([2H])(c1cc(Cl)ccc1NCc1ccc(C(C)(C)O)cc1)C(C)C.[2H]C([2H])(c1cc(Cl)ccc1NCc1ccc(P(C)(=O)OCC)cc1)C(C)C.[2H]C([2H])(c1cc(Cl)ccc1NCc1ccccn1)C(C)C.[2H]C([2H])(c1cc(Cl)ccc1NCc1ccccn1)C(C)C.[2H]C([2H])(c1cc(Cl)ccc1NCc1cccnc1)C(C)C.[2H]C([2H])(c1cc(Cl)ccc1NCc1ccncc1)C(C)C.[2H]C([2H])(c1cc(Cl)ccc1NCc1ncccn1)C(C)C. The summed E-state index contributed by atoms with van der Waals surface area (Å²) in [5.41, 5.74) is 15.3. The minimum absolute atomic E-state index is 0.141. The summed E-state index contributed by atoms with van der Waals surface area (Å²) in [5.74, 6) is -0.441. The highest BCUT2D eigenvalue weighted by Gasteiger charge is 2.21. The van der Waals surface area contributed by atoms with E-state index in [0.717, 1.165) is 73.3 Å². The fourth-order valence-electron chi connectivity index (χ4n) is 13.7. The highest BCUT2D eigenvalue weighted by atomic mass is 35.5. The second-order valence-corrected chi connectivity index (χ2v) is 41.6. The molecule has 5 aromatic heterocycles. The first-order chi connectivity index (χ1) is 73.6. The van der Waals surface area contributed by atoms with Gasteiger partial charge in [0, 0.05) is 182 Å². The number of aliphatic hydroxyl groups is 1. The maximum absolute atomic E-state index is 12.5. The smallest absolute Gasteiger partial charge is 0.229 e. The fourth-order valence-corrected chi connectivity index (χ4v) is 16.2. The molecule has 0 aliphatic rings. The Morgan fingerprint density at radius 1 is 0.315 bits per heavy atom. The summed E-state index contributed by atoms with van der Waals surface area (Å²) < 4.78 is 134. The lowest BCUT2D eigenvalue weighted by Gasteiger charge is -2.18. The Hall–Kier alpha value is -10.6. The van der Waals surface area contributed by atoms with E-state index in [9.17, 15) is 9.67 Å². The average Bonchev–Trinajstić information content (AvgIpc) is 0.817. The number of rotatable bonds is 39. The van der Waals surface area contributed by atoms with Gasteiger partial charge >= 0.3 is 0 Å². The van der Waals surface area contributed by atoms with Gasteiger partial charge in [0.25, 0.3) is 0 Å². The van der Waals surface area contributed by atoms with Gasteiger partial charge in [-0.15, -0.1) is 0 Å². The first-order valence-corrected chi connectivity index (χ1v) is 52.6. The van der Waals surface area contributed by atoms with Crippen LogP contribution in [0.2, 0.25) is 35.2 Å². The number of benzene rings is 9. The largest absolute Gasteiger partial charge is 0.386 e. The zero-order valence-corrected chi connectivity index (χ0v) is 91.1. The molecule has 24 heteroatoms. The van der Waals surface area contributed by atoms with Gasteiger partial charge in [-0.05, 0) is 362 Å². The summed E-state index contributed by atoms with van der Waals surface area (Å²) in [4.78, 5) is 24.9. The van der Waals surface area contributed by atoms with E-state index in [1.807, 2.05) is 249 Å². The van der Waals surface area contributed by atoms with Gasteiger partial charge in [0.15, 0.2) is 0 Å². The Morgan fingerprint density at radius 3 is 0.867 bits per heavy atom. The topological polar surface area (TPSA) is 208 Å². The maximum atomic E-state index is 12.5. The van der Waals surface area contributed by atoms with Crippen LogP contribution in [0.15, 0.2) is 292 Å². The summed E-state index contributed by atoms with van der Waals surface area (Å²) >= 11 is 42.4. The molecule has 0 saturated heterocycles. The van der Waals surface area contributed by atoms with E-state index in [-0.39, 0.29) is 41.4 Å². The molecule has 0 aliphatic heterocycles. The molecule has 9 aromatic carbocycles. The minimum Gasteiger partial charge on any atom is -0.386 e. The lowest BCUT2D eigenvalue weighted by atomic mass is 9.97. The van der Waals surface area contributed by atoms with Gasteiger partial charge < -0.3 is 46.8 Å². The second-order valence-electron chi connectivity index (χ2n) is 36.1. The van der Waals surface area contributed by atoms with Gasteiger partial charge in [-0.1, -0.05) is 233 Å². The van der Waals surface area contributed by atoms with Crippen molar-refractivity contribution >= 4 is 134 Å². The number of anilines is 7. The third kappa shape index (κ3) is 45.7. The zero-order valence-electron chi connectivity index (χ0n) is 99.0. The van der Waals surface area contributed by atoms with Crippen LogP contribution in [0.4, 0.5) is 39.8 Å². The third-order valence-corrected chi connectivity index (χ3v) is 23.9. The van der Waals surface area contributed by atoms with Crippen molar-refractivity contribution in [2.75, 3.05) is 50.5 Å². The number of hydrogen-bond acceptors (Lipinski definition) is 16. The van der Waals surface area contributed by atoms with Gasteiger partial charge in [0.2, 0.25) is 7.37 Å². The normalized spacial score (nSPS) is 13.6. The first-order valence-electron chi connectivity index (χ1n) is 54.9. The fraction of sp³-hybridized carbons (Fsp3) is 0.345. The highest BCUT2D eigenvalue weighted by Crippen LogP contribution is 2.41. The van der Waals surface area contributed by atoms with E-state index >= 15 is 0 Å². The molecule has 1 atom stereocenters. The van der Waals surface area contributed by atoms with E-state index in [1.165, 1.54) is 0 Å². The van der Waals surface area contributed by atoms with Crippen LogP contribution in [0.1, 0.15) is 221 Å². The molecule has 0 saturated carbocycles. The van der Waals surface area contributed by atoms with Gasteiger partial charge in [-0.25, -0.2) is 9.97 Å². The van der Waals surface area contributed by atoms with Gasteiger partial charge in [-0.2, -0.15) is 0 Å². The molecule has 16 nitrogen and oxygen atoms in total. The molecular weight excluding hydrogens is 1940 g/mol. The predicted molar refractivity (Wildman–Crippen MR) is 613 cm³/mol. The number of nitrogens with one attached hydrogen (secondary N) is 7. The van der Waals surface area contributed by atoms with Gasteiger partial charge in [-0.3, -0.25) is 24.5 Å². The summed E-state index contributed by atoms with van der Waals surface area (Å²) in [6.45, 7) is 37.3. The molecule has 14 rings (SSSR count). The van der Waals surface area contributed by atoms with Crippen molar-refractivity contribution in [1.82, 2.24) is 29.9 Å². The summed E-state index contributed by atoms with van der Waals surface area (Å²) in [5, 5.41) is 37.3. The van der Waals surface area contributed by atoms with Crippen LogP contribution >= 0.6 is 88.6 Å². The lowest BCUT2D eigenvalue weighted by Crippen LogP contribution is -2.15. The molecule has 0 aliphatic carbocycles. The molecule has 5 heterocycles. The quantitative estimate of drug-likeness (QED) is 0.0169.